The molecule has 0 aliphatic carbocycles. The van der Waals surface area contributed by atoms with Gasteiger partial charge < -0.3 is 9.84 Å². The van der Waals surface area contributed by atoms with Crippen LogP contribution in [-0.2, 0) is 15.8 Å². The van der Waals surface area contributed by atoms with Gasteiger partial charge in [-0.3, -0.25) is 14.5 Å². The second kappa shape index (κ2) is 8.98. The number of nitrogens with zero attached hydrogens (tertiary/aromatic N) is 1. The lowest BCUT2D eigenvalue weighted by atomic mass is 9.94. The molecule has 4 rings (SSSR count). The van der Waals surface area contributed by atoms with E-state index in [4.69, 9.17) is 4.74 Å². The topological polar surface area (TPSA) is 66.8 Å². The summed E-state index contributed by atoms with van der Waals surface area (Å²) < 4.78 is 46.3. The van der Waals surface area contributed by atoms with E-state index >= 15 is 0 Å². The van der Waals surface area contributed by atoms with Crippen LogP contribution in [0.4, 0.5) is 18.9 Å². The van der Waals surface area contributed by atoms with E-state index in [-0.39, 0.29) is 16.8 Å². The molecule has 1 aliphatic heterocycles. The number of amides is 1. The number of methoxy groups -OCH3 is 1. The molecule has 9 heteroatoms. The smallest absolute Gasteiger partial charge is 0.416 e. The average molecular weight is 532 g/mol. The Morgan fingerprint density at radius 1 is 1.00 bits per heavy atom. The minimum absolute atomic E-state index is 0.136. The number of hydrogen-bond donors (Lipinski definition) is 1. The minimum Gasteiger partial charge on any atom is -0.507 e. The van der Waals surface area contributed by atoms with Crippen LogP contribution in [0.2, 0.25) is 0 Å². The minimum atomic E-state index is -4.65. The highest BCUT2D eigenvalue weighted by molar-refractivity contribution is 9.10. The summed E-state index contributed by atoms with van der Waals surface area (Å²) in [5.74, 6) is -2.23. The standard InChI is InChI=1S/C25H17BrF3NO4/c1-34-19-8-3-2-7-18(19)21-20(22(31)14-9-11-16(26)12-10-14)23(32)24(33)30(21)17-6-4-5-15(13-17)25(27,28)29/h2-13,21,31H,1H3/t21-/m0/s1. The van der Waals surface area contributed by atoms with Crippen LogP contribution in [0.5, 0.6) is 5.75 Å². The number of carbonyl (C=O) groups is 2. The van der Waals surface area contributed by atoms with Gasteiger partial charge in [0.1, 0.15) is 11.5 Å². The lowest BCUT2D eigenvalue weighted by Gasteiger charge is -2.27. The van der Waals surface area contributed by atoms with Gasteiger partial charge in [-0.2, -0.15) is 13.2 Å². The molecule has 1 amide bonds. The number of carbonyl (C=O) groups excluding carboxylic acids is 2. The van der Waals surface area contributed by atoms with Crippen LogP contribution in [0, 0.1) is 0 Å². The molecule has 0 aromatic heterocycles. The first kappa shape index (κ1) is 23.6. The van der Waals surface area contributed by atoms with Crippen LogP contribution in [0.25, 0.3) is 5.76 Å². The van der Waals surface area contributed by atoms with Crippen molar-refractivity contribution < 1.29 is 32.6 Å². The van der Waals surface area contributed by atoms with E-state index in [9.17, 15) is 27.9 Å². The highest BCUT2D eigenvalue weighted by Crippen LogP contribution is 2.45. The van der Waals surface area contributed by atoms with E-state index < -0.39 is 35.2 Å². The molecule has 1 fully saturated rings. The van der Waals surface area contributed by atoms with Gasteiger partial charge in [-0.05, 0) is 36.4 Å². The maximum absolute atomic E-state index is 13.4. The van der Waals surface area contributed by atoms with E-state index in [1.54, 1.807) is 48.5 Å². The largest absolute Gasteiger partial charge is 0.507 e. The van der Waals surface area contributed by atoms with Gasteiger partial charge in [0, 0.05) is 21.3 Å². The molecule has 0 unspecified atom stereocenters. The fraction of sp³-hybridized carbons (Fsp3) is 0.120. The van der Waals surface area contributed by atoms with Crippen molar-refractivity contribution in [2.24, 2.45) is 0 Å². The van der Waals surface area contributed by atoms with E-state index in [0.717, 1.165) is 27.6 Å². The first-order chi connectivity index (χ1) is 16.1. The molecule has 0 radical (unpaired) electrons. The lowest BCUT2D eigenvalue weighted by molar-refractivity contribution is -0.137. The zero-order chi connectivity index (χ0) is 24.6. The third-order valence-electron chi connectivity index (χ3n) is 5.45. The maximum Gasteiger partial charge on any atom is 0.416 e. The number of ether oxygens (including phenoxy) is 1. The second-order valence-corrected chi connectivity index (χ2v) is 8.38. The highest BCUT2D eigenvalue weighted by Gasteiger charge is 2.48. The summed E-state index contributed by atoms with van der Waals surface area (Å²) in [6.45, 7) is 0. The molecule has 0 saturated carbocycles. The normalized spacial score (nSPS) is 17.8. The van der Waals surface area contributed by atoms with E-state index in [0.29, 0.717) is 11.3 Å². The van der Waals surface area contributed by atoms with Crippen molar-refractivity contribution in [1.29, 1.82) is 0 Å². The zero-order valence-corrected chi connectivity index (χ0v) is 19.2. The number of rotatable bonds is 4. The molecule has 3 aromatic rings. The molecule has 1 saturated heterocycles. The Labute approximate surface area is 201 Å². The molecule has 1 aliphatic rings. The van der Waals surface area contributed by atoms with Crippen LogP contribution in [-0.4, -0.2) is 23.9 Å². The third-order valence-corrected chi connectivity index (χ3v) is 5.98. The third kappa shape index (κ3) is 4.19. The van der Waals surface area contributed by atoms with Crippen molar-refractivity contribution in [2.75, 3.05) is 12.0 Å². The second-order valence-electron chi connectivity index (χ2n) is 7.47. The van der Waals surface area contributed by atoms with Crippen molar-refractivity contribution in [3.8, 4) is 5.75 Å². The van der Waals surface area contributed by atoms with Crippen LogP contribution in [0.1, 0.15) is 22.7 Å². The SMILES string of the molecule is COc1ccccc1[C@H]1C(=C(O)c2ccc(Br)cc2)C(=O)C(=O)N1c1cccc(C(F)(F)F)c1. The first-order valence-electron chi connectivity index (χ1n) is 10.0. The van der Waals surface area contributed by atoms with Gasteiger partial charge in [0.25, 0.3) is 11.7 Å². The van der Waals surface area contributed by atoms with Crippen molar-refractivity contribution in [1.82, 2.24) is 0 Å². The molecule has 1 N–H and O–H groups in total. The predicted octanol–water partition coefficient (Wildman–Crippen LogP) is 6.10. The van der Waals surface area contributed by atoms with Crippen LogP contribution >= 0.6 is 15.9 Å². The monoisotopic (exact) mass is 531 g/mol. The number of hydrogen-bond acceptors (Lipinski definition) is 4. The van der Waals surface area contributed by atoms with Gasteiger partial charge in [-0.15, -0.1) is 0 Å². The molecular formula is C25H17BrF3NO4. The van der Waals surface area contributed by atoms with E-state index in [1.165, 1.54) is 13.2 Å². The Morgan fingerprint density at radius 3 is 2.32 bits per heavy atom. The molecule has 3 aromatic carbocycles. The number of benzene rings is 3. The number of halogens is 4. The summed E-state index contributed by atoms with van der Waals surface area (Å²) >= 11 is 3.29. The molecular weight excluding hydrogens is 515 g/mol. The Hall–Kier alpha value is -3.59. The Balaban J connectivity index is 1.98. The molecule has 0 bridgehead atoms. The molecule has 1 atom stereocenters. The molecule has 34 heavy (non-hydrogen) atoms. The summed E-state index contributed by atoms with van der Waals surface area (Å²) in [4.78, 5) is 27.3. The number of para-hydroxylation sites is 1. The quantitative estimate of drug-likeness (QED) is 0.251. The van der Waals surface area contributed by atoms with E-state index in [1.807, 2.05) is 0 Å². The molecule has 5 nitrogen and oxygen atoms in total. The Morgan fingerprint density at radius 2 is 1.68 bits per heavy atom. The predicted molar refractivity (Wildman–Crippen MR) is 123 cm³/mol. The van der Waals surface area contributed by atoms with Gasteiger partial charge in [-0.1, -0.05) is 52.3 Å². The number of Topliss-reactive ketones (excluding diaryl/α,β-unsaturated/α-hetero) is 1. The van der Waals surface area contributed by atoms with Crippen molar-refractivity contribution >= 4 is 39.1 Å². The van der Waals surface area contributed by atoms with Gasteiger partial charge in [0.15, 0.2) is 0 Å². The average Bonchev–Trinajstić information content (AvgIpc) is 3.09. The fourth-order valence-corrected chi connectivity index (χ4v) is 4.15. The highest BCUT2D eigenvalue weighted by atomic mass is 79.9. The molecule has 0 spiro atoms. The fourth-order valence-electron chi connectivity index (χ4n) is 3.88. The Kier molecular flexibility index (Phi) is 6.22. The number of alkyl halides is 3. The summed E-state index contributed by atoms with van der Waals surface area (Å²) in [5, 5.41) is 11.1. The van der Waals surface area contributed by atoms with Crippen molar-refractivity contribution in [3.05, 3.63) is 99.5 Å². The number of aliphatic hydroxyl groups excluding tert-OH is 1. The zero-order valence-electron chi connectivity index (χ0n) is 17.6. The van der Waals surface area contributed by atoms with Crippen LogP contribution in [0.15, 0.2) is 82.8 Å². The lowest BCUT2D eigenvalue weighted by Crippen LogP contribution is -2.30. The van der Waals surface area contributed by atoms with Crippen molar-refractivity contribution in [2.45, 2.75) is 12.2 Å². The number of ketones is 1. The molecule has 1 heterocycles. The van der Waals surface area contributed by atoms with E-state index in [2.05, 4.69) is 15.9 Å². The molecule has 174 valence electrons. The van der Waals surface area contributed by atoms with Gasteiger partial charge in [0.2, 0.25) is 0 Å². The maximum atomic E-state index is 13.4. The summed E-state index contributed by atoms with van der Waals surface area (Å²) in [6.07, 6.45) is -4.65. The van der Waals surface area contributed by atoms with Crippen molar-refractivity contribution in [3.63, 3.8) is 0 Å². The first-order valence-corrected chi connectivity index (χ1v) is 10.8. The summed E-state index contributed by atoms with van der Waals surface area (Å²) in [5.41, 5.74) is -0.763. The summed E-state index contributed by atoms with van der Waals surface area (Å²) in [7, 11) is 1.39. The number of anilines is 1. The summed E-state index contributed by atoms with van der Waals surface area (Å²) in [6, 6.07) is 15.8. The van der Waals surface area contributed by atoms with Crippen LogP contribution in [0.3, 0.4) is 0 Å². The van der Waals surface area contributed by atoms with Gasteiger partial charge in [0.05, 0.1) is 24.3 Å². The Bertz CT molecular complexity index is 1300. The number of aliphatic hydroxyl groups is 1. The van der Waals surface area contributed by atoms with Gasteiger partial charge in [-0.25, -0.2) is 0 Å². The van der Waals surface area contributed by atoms with Gasteiger partial charge >= 0.3 is 6.18 Å². The van der Waals surface area contributed by atoms with Crippen LogP contribution < -0.4 is 9.64 Å².